The van der Waals surface area contributed by atoms with Crippen LogP contribution in [0.5, 0.6) is 0 Å². The molecule has 0 saturated heterocycles. The first-order valence-electron chi connectivity index (χ1n) is 10.9. The average Bonchev–Trinajstić information content (AvgIpc) is 2.78. The Bertz CT molecular complexity index is 1050. The molecule has 162 valence electrons. The summed E-state index contributed by atoms with van der Waals surface area (Å²) in [6.45, 7) is 4.36. The van der Waals surface area contributed by atoms with Gasteiger partial charge in [0, 0.05) is 29.3 Å². The van der Waals surface area contributed by atoms with E-state index in [1.54, 1.807) is 36.4 Å². The molecule has 0 radical (unpaired) electrons. The molecule has 31 heavy (non-hydrogen) atoms. The molecule has 2 aliphatic rings. The largest absolute Gasteiger partial charge is 0.395 e. The van der Waals surface area contributed by atoms with Crippen LogP contribution in [0.25, 0.3) is 0 Å². The summed E-state index contributed by atoms with van der Waals surface area (Å²) in [7, 11) is 0. The summed E-state index contributed by atoms with van der Waals surface area (Å²) in [5, 5.41) is 15.5. The normalized spacial score (nSPS) is 22.5. The third kappa shape index (κ3) is 3.76. The topological polar surface area (TPSA) is 95.5 Å². The summed E-state index contributed by atoms with van der Waals surface area (Å²) in [5.41, 5.74) is 1.82. The van der Waals surface area contributed by atoms with Gasteiger partial charge in [0.05, 0.1) is 23.4 Å². The lowest BCUT2D eigenvalue weighted by atomic mass is 9.78. The molecule has 2 aromatic rings. The van der Waals surface area contributed by atoms with E-state index in [1.165, 1.54) is 0 Å². The number of benzene rings is 2. The SMILES string of the molecule is C[C@H]1[C@@H](NC(=O)c2ccc3c(c2NCCO)C(=O)c2ccccc2C3=O)CCC[C@@H]1C. The third-order valence-corrected chi connectivity index (χ3v) is 6.77. The van der Waals surface area contributed by atoms with E-state index in [0.29, 0.717) is 34.2 Å². The molecule has 1 amide bonds. The van der Waals surface area contributed by atoms with Crippen LogP contribution in [0.3, 0.4) is 0 Å². The number of aliphatic hydroxyl groups excluding tert-OH is 1. The maximum absolute atomic E-state index is 13.3. The summed E-state index contributed by atoms with van der Waals surface area (Å²) >= 11 is 0. The van der Waals surface area contributed by atoms with Crippen LogP contribution in [0.1, 0.15) is 75.3 Å². The van der Waals surface area contributed by atoms with Crippen LogP contribution in [0.2, 0.25) is 0 Å². The van der Waals surface area contributed by atoms with Crippen LogP contribution in [0.4, 0.5) is 5.69 Å². The molecule has 6 nitrogen and oxygen atoms in total. The van der Waals surface area contributed by atoms with Gasteiger partial charge in [-0.2, -0.15) is 0 Å². The highest BCUT2D eigenvalue weighted by Crippen LogP contribution is 2.35. The Morgan fingerprint density at radius 2 is 1.71 bits per heavy atom. The van der Waals surface area contributed by atoms with Gasteiger partial charge in [0.15, 0.2) is 11.6 Å². The molecule has 1 fully saturated rings. The highest BCUT2D eigenvalue weighted by atomic mass is 16.3. The molecule has 0 bridgehead atoms. The first-order chi connectivity index (χ1) is 14.9. The third-order valence-electron chi connectivity index (χ3n) is 6.77. The van der Waals surface area contributed by atoms with Crippen molar-refractivity contribution < 1.29 is 19.5 Å². The van der Waals surface area contributed by atoms with Crippen LogP contribution in [0, 0.1) is 11.8 Å². The molecule has 3 atom stereocenters. The molecule has 4 rings (SSSR count). The van der Waals surface area contributed by atoms with Crippen molar-refractivity contribution in [1.82, 2.24) is 5.32 Å². The van der Waals surface area contributed by atoms with Crippen molar-refractivity contribution in [2.45, 2.75) is 39.2 Å². The Hall–Kier alpha value is -2.99. The van der Waals surface area contributed by atoms with E-state index in [2.05, 4.69) is 24.5 Å². The van der Waals surface area contributed by atoms with E-state index in [1.807, 2.05) is 0 Å². The maximum Gasteiger partial charge on any atom is 0.253 e. The number of fused-ring (bicyclic) bond motifs is 2. The quantitative estimate of drug-likeness (QED) is 0.588. The van der Waals surface area contributed by atoms with Gasteiger partial charge in [-0.15, -0.1) is 0 Å². The summed E-state index contributed by atoms with van der Waals surface area (Å²) in [6.07, 6.45) is 3.15. The Balaban J connectivity index is 1.75. The predicted molar refractivity (Wildman–Crippen MR) is 119 cm³/mol. The van der Waals surface area contributed by atoms with Crippen molar-refractivity contribution in [2.24, 2.45) is 11.8 Å². The summed E-state index contributed by atoms with van der Waals surface area (Å²) in [4.78, 5) is 39.6. The minimum Gasteiger partial charge on any atom is -0.395 e. The Labute approximate surface area is 182 Å². The molecule has 6 heteroatoms. The molecular weight excluding hydrogens is 392 g/mol. The lowest BCUT2D eigenvalue weighted by Gasteiger charge is -2.34. The Morgan fingerprint density at radius 3 is 2.42 bits per heavy atom. The van der Waals surface area contributed by atoms with Crippen LogP contribution in [-0.2, 0) is 0 Å². The minimum atomic E-state index is -0.292. The number of carbonyl (C=O) groups excluding carboxylic acids is 3. The van der Waals surface area contributed by atoms with Crippen LogP contribution >= 0.6 is 0 Å². The molecule has 3 N–H and O–H groups in total. The fourth-order valence-corrected chi connectivity index (χ4v) is 4.77. The highest BCUT2D eigenvalue weighted by molar-refractivity contribution is 6.31. The number of anilines is 1. The zero-order valence-corrected chi connectivity index (χ0v) is 17.9. The van der Waals surface area contributed by atoms with Gasteiger partial charge < -0.3 is 15.7 Å². The summed E-state index contributed by atoms with van der Waals surface area (Å²) < 4.78 is 0. The minimum absolute atomic E-state index is 0.0658. The van der Waals surface area contributed by atoms with Crippen molar-refractivity contribution in [1.29, 1.82) is 0 Å². The summed E-state index contributed by atoms with van der Waals surface area (Å²) in [6, 6.07) is 9.96. The number of rotatable bonds is 5. The molecule has 0 spiro atoms. The second-order valence-corrected chi connectivity index (χ2v) is 8.61. The predicted octanol–water partition coefficient (Wildman–Crippen LogP) is 3.42. The van der Waals surface area contributed by atoms with Crippen molar-refractivity contribution in [3.8, 4) is 0 Å². The number of carbonyl (C=O) groups is 3. The lowest BCUT2D eigenvalue weighted by molar-refractivity contribution is 0.0891. The molecule has 2 aliphatic carbocycles. The molecule has 0 heterocycles. The van der Waals surface area contributed by atoms with Crippen LogP contribution in [0.15, 0.2) is 36.4 Å². The number of aliphatic hydroxyl groups is 1. The molecular formula is C25H28N2O4. The van der Waals surface area contributed by atoms with Crippen molar-refractivity contribution in [3.63, 3.8) is 0 Å². The van der Waals surface area contributed by atoms with E-state index in [4.69, 9.17) is 0 Å². The van der Waals surface area contributed by atoms with Gasteiger partial charge in [0.1, 0.15) is 0 Å². The molecule has 0 unspecified atom stereocenters. The Morgan fingerprint density at radius 1 is 1.00 bits per heavy atom. The molecule has 1 saturated carbocycles. The van der Waals surface area contributed by atoms with Gasteiger partial charge in [0.2, 0.25) is 0 Å². The van der Waals surface area contributed by atoms with E-state index in [-0.39, 0.29) is 47.8 Å². The van der Waals surface area contributed by atoms with Gasteiger partial charge in [-0.25, -0.2) is 0 Å². The van der Waals surface area contributed by atoms with Gasteiger partial charge in [-0.3, -0.25) is 14.4 Å². The lowest BCUT2D eigenvalue weighted by Crippen LogP contribution is -2.44. The zero-order valence-electron chi connectivity index (χ0n) is 17.9. The van der Waals surface area contributed by atoms with E-state index in [9.17, 15) is 19.5 Å². The average molecular weight is 421 g/mol. The second-order valence-electron chi connectivity index (χ2n) is 8.61. The fraction of sp³-hybridized carbons (Fsp3) is 0.400. The number of ketones is 2. The smallest absolute Gasteiger partial charge is 0.253 e. The summed E-state index contributed by atoms with van der Waals surface area (Å²) in [5.74, 6) is 0.0942. The van der Waals surface area contributed by atoms with E-state index >= 15 is 0 Å². The van der Waals surface area contributed by atoms with E-state index < -0.39 is 0 Å². The van der Waals surface area contributed by atoms with Gasteiger partial charge in [-0.1, -0.05) is 51.0 Å². The first kappa shape index (κ1) is 21.2. The van der Waals surface area contributed by atoms with Crippen LogP contribution in [-0.4, -0.2) is 41.8 Å². The Kier molecular flexibility index (Phi) is 5.92. The first-order valence-corrected chi connectivity index (χ1v) is 10.9. The molecule has 0 aromatic heterocycles. The standard InChI is InChI=1S/C25H28N2O4/c1-14-6-5-9-20(15(14)2)27-25(31)19-11-10-18-21(22(19)26-12-13-28)24(30)17-8-4-3-7-16(17)23(18)29/h3-4,7-8,10-11,14-15,20,26,28H,5-6,9,12-13H2,1-2H3,(H,27,31)/t14-,15+,20-/m0/s1. The van der Waals surface area contributed by atoms with Crippen molar-refractivity contribution in [2.75, 3.05) is 18.5 Å². The van der Waals surface area contributed by atoms with Gasteiger partial charge in [-0.05, 0) is 30.4 Å². The second kappa shape index (κ2) is 8.63. The van der Waals surface area contributed by atoms with Gasteiger partial charge >= 0.3 is 0 Å². The number of nitrogens with one attached hydrogen (secondary N) is 2. The van der Waals surface area contributed by atoms with Crippen LogP contribution < -0.4 is 10.6 Å². The highest BCUT2D eigenvalue weighted by Gasteiger charge is 2.34. The zero-order chi connectivity index (χ0) is 22.1. The molecule has 0 aliphatic heterocycles. The molecule has 2 aromatic carbocycles. The van der Waals surface area contributed by atoms with Gasteiger partial charge in [0.25, 0.3) is 5.91 Å². The van der Waals surface area contributed by atoms with Crippen molar-refractivity contribution >= 4 is 23.2 Å². The number of hydrogen-bond acceptors (Lipinski definition) is 5. The number of amides is 1. The van der Waals surface area contributed by atoms with Crippen molar-refractivity contribution in [3.05, 3.63) is 64.2 Å². The number of hydrogen-bond donors (Lipinski definition) is 3. The monoisotopic (exact) mass is 420 g/mol. The fourth-order valence-electron chi connectivity index (χ4n) is 4.77. The maximum atomic E-state index is 13.3. The van der Waals surface area contributed by atoms with E-state index in [0.717, 1.165) is 19.3 Å².